The predicted molar refractivity (Wildman–Crippen MR) is 70.0 cm³/mol. The van der Waals surface area contributed by atoms with Crippen LogP contribution >= 0.6 is 0 Å². The minimum atomic E-state index is -0.185. The Morgan fingerprint density at radius 2 is 2.17 bits per heavy atom. The number of nitrogens with two attached hydrogens (primary N) is 1. The zero-order valence-corrected chi connectivity index (χ0v) is 10.6. The Kier molecular flexibility index (Phi) is 4.18. The minimum Gasteiger partial charge on any atom is -0.463 e. The molecule has 2 N–H and O–H groups in total. The summed E-state index contributed by atoms with van der Waals surface area (Å²) in [4.78, 5) is 4.21. The van der Waals surface area contributed by atoms with Crippen LogP contribution in [0.25, 0.3) is 0 Å². The maximum atomic E-state index is 12.9. The molecule has 1 aliphatic heterocycles. The molecule has 0 saturated heterocycles. The van der Waals surface area contributed by atoms with Crippen molar-refractivity contribution in [3.8, 4) is 0 Å². The summed E-state index contributed by atoms with van der Waals surface area (Å²) in [5, 5.41) is 0. The van der Waals surface area contributed by atoms with Crippen molar-refractivity contribution in [3.63, 3.8) is 0 Å². The van der Waals surface area contributed by atoms with Gasteiger partial charge in [0.05, 0.1) is 6.04 Å². The van der Waals surface area contributed by atoms with E-state index in [9.17, 15) is 4.39 Å². The molecule has 98 valence electrons. The Morgan fingerprint density at radius 3 is 2.72 bits per heavy atom. The first-order valence-corrected chi connectivity index (χ1v) is 6.40. The molecular weight excluding hydrogens is 231 g/mol. The number of benzene rings is 1. The van der Waals surface area contributed by atoms with E-state index in [4.69, 9.17) is 10.5 Å². The van der Waals surface area contributed by atoms with Gasteiger partial charge in [0.2, 0.25) is 0 Å². The average Bonchev–Trinajstić information content (AvgIpc) is 2.78. The smallest absolute Gasteiger partial charge is 0.282 e. The maximum absolute atomic E-state index is 12.9. The number of hydrogen-bond acceptors (Lipinski definition) is 3. The normalized spacial score (nSPS) is 20.3. The summed E-state index contributed by atoms with van der Waals surface area (Å²) in [6.07, 6.45) is 3.02. The summed E-state index contributed by atoms with van der Waals surface area (Å²) in [5.74, 6) is 0.262. The van der Waals surface area contributed by atoms with Gasteiger partial charge in [0.1, 0.15) is 12.4 Å². The molecule has 1 aromatic carbocycles. The fourth-order valence-electron chi connectivity index (χ4n) is 2.32. The Labute approximate surface area is 107 Å². The third-order valence-electron chi connectivity index (χ3n) is 3.42. The molecular formula is C14H19FN2O. The molecule has 1 aromatic rings. The lowest BCUT2D eigenvalue weighted by molar-refractivity contribution is 0.303. The second-order valence-electron chi connectivity index (χ2n) is 4.67. The quantitative estimate of drug-likeness (QED) is 0.873. The van der Waals surface area contributed by atoms with Gasteiger partial charge < -0.3 is 10.5 Å². The van der Waals surface area contributed by atoms with Crippen molar-refractivity contribution in [2.45, 2.75) is 38.1 Å². The second kappa shape index (κ2) is 5.85. The zero-order valence-electron chi connectivity index (χ0n) is 10.6. The molecule has 4 heteroatoms. The van der Waals surface area contributed by atoms with Crippen LogP contribution < -0.4 is 5.73 Å². The summed E-state index contributed by atoms with van der Waals surface area (Å²) >= 11 is 0. The van der Waals surface area contributed by atoms with E-state index in [2.05, 4.69) is 11.9 Å². The van der Waals surface area contributed by atoms with Crippen LogP contribution in [0.15, 0.2) is 29.3 Å². The molecule has 2 rings (SSSR count). The van der Waals surface area contributed by atoms with E-state index in [1.54, 1.807) is 0 Å². The highest BCUT2D eigenvalue weighted by Gasteiger charge is 2.18. The molecule has 0 aliphatic carbocycles. The standard InChI is InChI=1S/C14H19FN2O/c1-2-10(11-3-6-12(15)7-4-11)5-8-13-9-18-14(16)17-13/h3-4,6-7,10,13H,2,5,8-9H2,1H3,(H2,16,17). The molecule has 0 fully saturated rings. The van der Waals surface area contributed by atoms with Gasteiger partial charge in [-0.3, -0.25) is 0 Å². The SMILES string of the molecule is CCC(CCC1COC(N)=N1)c1ccc(F)cc1. The number of nitrogens with zero attached hydrogens (tertiary/aromatic N) is 1. The zero-order chi connectivity index (χ0) is 13.0. The van der Waals surface area contributed by atoms with Gasteiger partial charge in [0.25, 0.3) is 6.02 Å². The molecule has 3 nitrogen and oxygen atoms in total. The molecule has 0 amide bonds. The molecule has 2 unspecified atom stereocenters. The number of rotatable bonds is 5. The Hall–Kier alpha value is -1.58. The van der Waals surface area contributed by atoms with Gasteiger partial charge in [-0.05, 0) is 42.9 Å². The van der Waals surface area contributed by atoms with Crippen molar-refractivity contribution in [1.82, 2.24) is 0 Å². The molecule has 2 atom stereocenters. The fourth-order valence-corrected chi connectivity index (χ4v) is 2.32. The van der Waals surface area contributed by atoms with E-state index in [1.807, 2.05) is 12.1 Å². The number of aliphatic imine (C=N–C) groups is 1. The molecule has 0 saturated carbocycles. The Balaban J connectivity index is 1.91. The van der Waals surface area contributed by atoms with Gasteiger partial charge in [-0.25, -0.2) is 9.38 Å². The van der Waals surface area contributed by atoms with Crippen molar-refractivity contribution >= 4 is 6.02 Å². The maximum Gasteiger partial charge on any atom is 0.282 e. The molecule has 0 bridgehead atoms. The monoisotopic (exact) mass is 250 g/mol. The first kappa shape index (κ1) is 12.9. The summed E-state index contributed by atoms with van der Waals surface area (Å²) in [6, 6.07) is 7.26. The summed E-state index contributed by atoms with van der Waals surface area (Å²) in [7, 11) is 0. The van der Waals surface area contributed by atoms with Crippen LogP contribution in [0, 0.1) is 5.82 Å². The van der Waals surface area contributed by atoms with Gasteiger partial charge >= 0.3 is 0 Å². The fraction of sp³-hybridized carbons (Fsp3) is 0.500. The van der Waals surface area contributed by atoms with Gasteiger partial charge in [-0.15, -0.1) is 0 Å². The van der Waals surface area contributed by atoms with Gasteiger partial charge in [0, 0.05) is 0 Å². The van der Waals surface area contributed by atoms with Crippen molar-refractivity contribution in [3.05, 3.63) is 35.6 Å². The van der Waals surface area contributed by atoms with Gasteiger partial charge in [-0.2, -0.15) is 0 Å². The summed E-state index contributed by atoms with van der Waals surface area (Å²) in [6.45, 7) is 2.74. The van der Waals surface area contributed by atoms with E-state index in [0.29, 0.717) is 18.5 Å². The molecule has 0 spiro atoms. The third kappa shape index (κ3) is 3.22. The highest BCUT2D eigenvalue weighted by Crippen LogP contribution is 2.26. The first-order valence-electron chi connectivity index (χ1n) is 6.40. The van der Waals surface area contributed by atoms with Crippen molar-refractivity contribution in [2.24, 2.45) is 10.7 Å². The van der Waals surface area contributed by atoms with Crippen LogP contribution in [0.3, 0.4) is 0 Å². The molecule has 0 aromatic heterocycles. The van der Waals surface area contributed by atoms with Crippen molar-refractivity contribution < 1.29 is 9.13 Å². The number of ether oxygens (including phenoxy) is 1. The molecule has 18 heavy (non-hydrogen) atoms. The Bertz CT molecular complexity index is 416. The minimum absolute atomic E-state index is 0.180. The van der Waals surface area contributed by atoms with Gasteiger partial charge in [0.15, 0.2) is 0 Å². The highest BCUT2D eigenvalue weighted by atomic mass is 19.1. The van der Waals surface area contributed by atoms with Crippen LogP contribution in [-0.4, -0.2) is 18.7 Å². The van der Waals surface area contributed by atoms with Gasteiger partial charge in [-0.1, -0.05) is 19.1 Å². The van der Waals surface area contributed by atoms with Crippen molar-refractivity contribution in [2.75, 3.05) is 6.61 Å². The predicted octanol–water partition coefficient (Wildman–Crippen LogP) is 2.81. The lowest BCUT2D eigenvalue weighted by Gasteiger charge is -2.16. The van der Waals surface area contributed by atoms with Crippen LogP contribution in [0.5, 0.6) is 0 Å². The van der Waals surface area contributed by atoms with E-state index in [1.165, 1.54) is 17.7 Å². The van der Waals surface area contributed by atoms with Crippen molar-refractivity contribution in [1.29, 1.82) is 0 Å². The van der Waals surface area contributed by atoms with E-state index >= 15 is 0 Å². The lowest BCUT2D eigenvalue weighted by Crippen LogP contribution is -2.10. The lowest BCUT2D eigenvalue weighted by atomic mass is 9.90. The van der Waals surface area contributed by atoms with Crippen LogP contribution in [0.4, 0.5) is 4.39 Å². The van der Waals surface area contributed by atoms with E-state index < -0.39 is 0 Å². The average molecular weight is 250 g/mol. The summed E-state index contributed by atoms with van der Waals surface area (Å²) < 4.78 is 18.0. The van der Waals surface area contributed by atoms with Crippen LogP contribution in [-0.2, 0) is 4.74 Å². The molecule has 0 radical (unpaired) electrons. The highest BCUT2D eigenvalue weighted by molar-refractivity contribution is 5.72. The third-order valence-corrected chi connectivity index (χ3v) is 3.42. The van der Waals surface area contributed by atoms with E-state index in [-0.39, 0.29) is 11.9 Å². The number of hydrogen-bond donors (Lipinski definition) is 1. The van der Waals surface area contributed by atoms with Crippen LogP contribution in [0.1, 0.15) is 37.7 Å². The Morgan fingerprint density at radius 1 is 1.44 bits per heavy atom. The van der Waals surface area contributed by atoms with Crippen LogP contribution in [0.2, 0.25) is 0 Å². The summed E-state index contributed by atoms with van der Waals surface area (Å²) in [5.41, 5.74) is 6.67. The topological polar surface area (TPSA) is 47.6 Å². The largest absolute Gasteiger partial charge is 0.463 e. The molecule has 1 aliphatic rings. The van der Waals surface area contributed by atoms with E-state index in [0.717, 1.165) is 19.3 Å². The second-order valence-corrected chi connectivity index (χ2v) is 4.67. The number of halogens is 1. The first-order chi connectivity index (χ1) is 8.69. The number of amidine groups is 1. The molecule has 1 heterocycles.